The van der Waals surface area contributed by atoms with E-state index in [1.807, 2.05) is 11.0 Å². The summed E-state index contributed by atoms with van der Waals surface area (Å²) in [6.45, 7) is 4.22. The van der Waals surface area contributed by atoms with Crippen LogP contribution in [0.4, 0.5) is 22.4 Å². The normalized spacial score (nSPS) is 20.4. The lowest BCUT2D eigenvalue weighted by Crippen LogP contribution is -2.53. The highest BCUT2D eigenvalue weighted by Gasteiger charge is 2.41. The van der Waals surface area contributed by atoms with E-state index in [0.717, 1.165) is 17.7 Å². The highest BCUT2D eigenvalue weighted by Crippen LogP contribution is 2.36. The Kier molecular flexibility index (Phi) is 8.44. The molecule has 206 valence electrons. The molecule has 0 aliphatic carbocycles. The summed E-state index contributed by atoms with van der Waals surface area (Å²) < 4.78 is 53.2. The van der Waals surface area contributed by atoms with Gasteiger partial charge in [0.2, 0.25) is 5.91 Å². The van der Waals surface area contributed by atoms with Gasteiger partial charge in [-0.2, -0.15) is 13.2 Å². The van der Waals surface area contributed by atoms with E-state index in [1.54, 1.807) is 33.9 Å². The highest BCUT2D eigenvalue weighted by atomic mass is 35.5. The van der Waals surface area contributed by atoms with Crippen molar-refractivity contribution in [2.75, 3.05) is 46.3 Å². The van der Waals surface area contributed by atoms with E-state index in [2.05, 4.69) is 0 Å². The van der Waals surface area contributed by atoms with Crippen LogP contribution in [-0.2, 0) is 17.5 Å². The lowest BCUT2D eigenvalue weighted by atomic mass is 9.93. The summed E-state index contributed by atoms with van der Waals surface area (Å²) in [5, 5.41) is 0.773. The van der Waals surface area contributed by atoms with Gasteiger partial charge in [0.25, 0.3) is 0 Å². The smallest absolute Gasteiger partial charge is 0.339 e. The number of rotatable bonds is 4. The Morgan fingerprint density at radius 1 is 0.947 bits per heavy atom. The molecule has 2 atom stereocenters. The molecule has 0 N–H and O–H groups in total. The Hall–Kier alpha value is -2.56. The monoisotopic (exact) mass is 574 g/mol. The van der Waals surface area contributed by atoms with E-state index < -0.39 is 17.6 Å². The number of nitrogens with zero attached hydrogens (tertiary/aromatic N) is 4. The third-order valence-electron chi connectivity index (χ3n) is 7.26. The second kappa shape index (κ2) is 11.3. The van der Waals surface area contributed by atoms with Crippen molar-refractivity contribution in [1.82, 2.24) is 19.6 Å². The number of likely N-dealkylation sites (tertiary alicyclic amines) is 1. The van der Waals surface area contributed by atoms with Crippen LogP contribution in [0.2, 0.25) is 10.0 Å². The van der Waals surface area contributed by atoms with Crippen LogP contribution < -0.4 is 0 Å². The fourth-order valence-electron chi connectivity index (χ4n) is 5.16. The summed E-state index contributed by atoms with van der Waals surface area (Å²) in [6.07, 6.45) is -4.77. The summed E-state index contributed by atoms with van der Waals surface area (Å²) in [5.41, 5.74) is -0.0531. The molecular weight excluding hydrogens is 547 g/mol. The molecule has 0 radical (unpaired) electrons. The minimum absolute atomic E-state index is 0.0284. The first-order valence-electron chi connectivity index (χ1n) is 12.2. The summed E-state index contributed by atoms with van der Waals surface area (Å²) in [4.78, 5) is 32.1. The number of hydrogen-bond acceptors (Lipinski definition) is 3. The average molecular weight is 575 g/mol. The summed E-state index contributed by atoms with van der Waals surface area (Å²) >= 11 is 12.4. The number of carbonyl (C=O) groups excluding carboxylic acids is 2. The van der Waals surface area contributed by atoms with Crippen LogP contribution in [0.15, 0.2) is 36.4 Å². The van der Waals surface area contributed by atoms with E-state index in [-0.39, 0.29) is 30.4 Å². The molecule has 2 aliphatic rings. The molecule has 0 aromatic heterocycles. The maximum absolute atomic E-state index is 14.2. The third kappa shape index (κ3) is 6.18. The third-order valence-corrected chi connectivity index (χ3v) is 8.00. The SMILES string of the molecule is CC(=O)N1CCN(C(=O)N2CC(N(C)Cc3ccc(C(F)(F)F)c(F)c3)[C@@H](c3ccc(Cl)c(Cl)c3)C2)CC1. The minimum atomic E-state index is -4.77. The van der Waals surface area contributed by atoms with Gasteiger partial charge in [0, 0.05) is 64.7 Å². The van der Waals surface area contributed by atoms with Crippen molar-refractivity contribution in [3.8, 4) is 0 Å². The van der Waals surface area contributed by atoms with Gasteiger partial charge >= 0.3 is 12.2 Å². The van der Waals surface area contributed by atoms with Gasteiger partial charge in [0.15, 0.2) is 0 Å². The molecule has 6 nitrogen and oxygen atoms in total. The molecule has 0 bridgehead atoms. The predicted octanol–water partition coefficient (Wildman–Crippen LogP) is 5.34. The fourth-order valence-corrected chi connectivity index (χ4v) is 5.47. The van der Waals surface area contributed by atoms with E-state index in [9.17, 15) is 27.2 Å². The number of likely N-dealkylation sites (N-methyl/N-ethyl adjacent to an activating group) is 1. The van der Waals surface area contributed by atoms with Crippen LogP contribution in [-0.4, -0.2) is 83.9 Å². The lowest BCUT2D eigenvalue weighted by molar-refractivity contribution is -0.140. The zero-order valence-corrected chi connectivity index (χ0v) is 22.5. The molecule has 12 heteroatoms. The standard InChI is InChI=1S/C26H28Cl2F4N4O2/c1-16(37)34-7-9-35(10-8-34)25(38)36-14-19(18-4-6-21(27)22(28)12-18)24(15-36)33(2)13-17-3-5-20(23(29)11-17)26(30,31)32/h3-6,11-12,19,24H,7-10,13-15H2,1-2H3/t19-,24?/m1/s1. The second-order valence-corrected chi connectivity index (χ2v) is 10.6. The summed E-state index contributed by atoms with van der Waals surface area (Å²) in [6, 6.07) is 7.84. The second-order valence-electron chi connectivity index (χ2n) is 9.76. The molecule has 2 fully saturated rings. The van der Waals surface area contributed by atoms with Crippen LogP contribution in [0.5, 0.6) is 0 Å². The predicted molar refractivity (Wildman–Crippen MR) is 137 cm³/mol. The Morgan fingerprint density at radius 2 is 1.61 bits per heavy atom. The topological polar surface area (TPSA) is 47.1 Å². The van der Waals surface area contributed by atoms with Crippen molar-refractivity contribution in [3.05, 3.63) is 69.0 Å². The maximum Gasteiger partial charge on any atom is 0.419 e. The zero-order valence-electron chi connectivity index (χ0n) is 20.9. The zero-order chi connectivity index (χ0) is 27.8. The number of halogens is 6. The molecular formula is C26H28Cl2F4N4O2. The Balaban J connectivity index is 1.54. The number of amides is 3. The maximum atomic E-state index is 14.2. The van der Waals surface area contributed by atoms with Gasteiger partial charge < -0.3 is 14.7 Å². The lowest BCUT2D eigenvalue weighted by Gasteiger charge is -2.36. The summed E-state index contributed by atoms with van der Waals surface area (Å²) in [7, 11) is 1.80. The van der Waals surface area contributed by atoms with Crippen molar-refractivity contribution in [2.45, 2.75) is 31.6 Å². The first-order valence-corrected chi connectivity index (χ1v) is 12.9. The Morgan fingerprint density at radius 3 is 2.18 bits per heavy atom. The number of benzene rings is 2. The Labute approximate surface area is 228 Å². The number of hydrogen-bond donors (Lipinski definition) is 0. The molecule has 4 rings (SSSR count). The molecule has 2 saturated heterocycles. The number of carbonyl (C=O) groups is 2. The number of alkyl halides is 3. The van der Waals surface area contributed by atoms with Crippen molar-refractivity contribution < 1.29 is 27.2 Å². The minimum Gasteiger partial charge on any atom is -0.339 e. The number of urea groups is 1. The van der Waals surface area contributed by atoms with Crippen molar-refractivity contribution in [3.63, 3.8) is 0 Å². The summed E-state index contributed by atoms with van der Waals surface area (Å²) in [5.74, 6) is -1.52. The van der Waals surface area contributed by atoms with Crippen molar-refractivity contribution >= 4 is 35.1 Å². The number of piperazine rings is 1. The first kappa shape index (κ1) is 28.4. The molecule has 3 amide bonds. The van der Waals surface area contributed by atoms with Crippen LogP contribution in [0.25, 0.3) is 0 Å². The van der Waals surface area contributed by atoms with Gasteiger partial charge in [0.1, 0.15) is 5.82 Å². The van der Waals surface area contributed by atoms with Crippen molar-refractivity contribution in [2.24, 2.45) is 0 Å². The van der Waals surface area contributed by atoms with Gasteiger partial charge in [-0.3, -0.25) is 9.69 Å². The van der Waals surface area contributed by atoms with Gasteiger partial charge in [-0.15, -0.1) is 0 Å². The molecule has 2 aromatic rings. The molecule has 2 aliphatic heterocycles. The quantitative estimate of drug-likeness (QED) is 0.463. The van der Waals surface area contributed by atoms with Crippen LogP contribution in [0.3, 0.4) is 0 Å². The largest absolute Gasteiger partial charge is 0.419 e. The molecule has 2 aromatic carbocycles. The van der Waals surface area contributed by atoms with E-state index >= 15 is 0 Å². The van der Waals surface area contributed by atoms with Gasteiger partial charge in [-0.25, -0.2) is 9.18 Å². The molecule has 1 unspecified atom stereocenters. The van der Waals surface area contributed by atoms with E-state index in [0.29, 0.717) is 54.9 Å². The average Bonchev–Trinajstić information content (AvgIpc) is 3.30. The van der Waals surface area contributed by atoms with E-state index in [4.69, 9.17) is 23.2 Å². The van der Waals surface area contributed by atoms with Crippen molar-refractivity contribution in [1.29, 1.82) is 0 Å². The Bertz CT molecular complexity index is 1200. The van der Waals surface area contributed by atoms with Crippen LogP contribution in [0.1, 0.15) is 29.5 Å². The van der Waals surface area contributed by atoms with Gasteiger partial charge in [-0.1, -0.05) is 35.3 Å². The van der Waals surface area contributed by atoms with E-state index in [1.165, 1.54) is 13.0 Å². The van der Waals surface area contributed by atoms with Gasteiger partial charge in [-0.05, 0) is 42.4 Å². The highest BCUT2D eigenvalue weighted by molar-refractivity contribution is 6.42. The fraction of sp³-hybridized carbons (Fsp3) is 0.462. The van der Waals surface area contributed by atoms with Crippen LogP contribution in [0, 0.1) is 5.82 Å². The molecule has 2 heterocycles. The van der Waals surface area contributed by atoms with Crippen LogP contribution >= 0.6 is 23.2 Å². The molecule has 0 spiro atoms. The van der Waals surface area contributed by atoms with Gasteiger partial charge in [0.05, 0.1) is 15.6 Å². The molecule has 0 saturated carbocycles. The first-order chi connectivity index (χ1) is 17.8. The molecule has 38 heavy (non-hydrogen) atoms.